The van der Waals surface area contributed by atoms with Crippen molar-refractivity contribution in [2.75, 3.05) is 26.2 Å². The molecule has 2 fully saturated rings. The molecule has 0 bridgehead atoms. The molecule has 3 aliphatic rings. The second kappa shape index (κ2) is 11.6. The quantitative estimate of drug-likeness (QED) is 0.227. The minimum absolute atomic E-state index is 0.818. The third-order valence-electron chi connectivity index (χ3n) is 7.79. The maximum absolute atomic E-state index is 3.78. The lowest BCUT2D eigenvalue weighted by Gasteiger charge is -2.33. The third kappa shape index (κ3) is 7.20. The summed E-state index contributed by atoms with van der Waals surface area (Å²) in [5.41, 5.74) is 0. The van der Waals surface area contributed by atoms with E-state index in [4.69, 9.17) is 0 Å². The highest BCUT2D eigenvalue weighted by Crippen LogP contribution is 2.35. The van der Waals surface area contributed by atoms with Crippen LogP contribution in [0.25, 0.3) is 0 Å². The molecule has 2 aliphatic carbocycles. The Morgan fingerprint density at radius 1 is 1.00 bits per heavy atom. The van der Waals surface area contributed by atoms with E-state index in [1.54, 1.807) is 0 Å². The SMILES string of the molecule is CCC1CC=CCC1CCCCCCNCC(C)C(CC1CCC1)N1CC1. The van der Waals surface area contributed by atoms with Gasteiger partial charge in [-0.15, -0.1) is 0 Å². The van der Waals surface area contributed by atoms with Crippen LogP contribution in [0.2, 0.25) is 0 Å². The van der Waals surface area contributed by atoms with E-state index < -0.39 is 0 Å². The second-order valence-corrected chi connectivity index (χ2v) is 9.89. The maximum Gasteiger partial charge on any atom is 0.0137 e. The van der Waals surface area contributed by atoms with Crippen molar-refractivity contribution >= 4 is 0 Å². The smallest absolute Gasteiger partial charge is 0.0137 e. The second-order valence-electron chi connectivity index (χ2n) is 9.89. The van der Waals surface area contributed by atoms with Crippen molar-refractivity contribution in [3.05, 3.63) is 12.2 Å². The van der Waals surface area contributed by atoms with Gasteiger partial charge in [0.1, 0.15) is 0 Å². The third-order valence-corrected chi connectivity index (χ3v) is 7.79. The number of unbranched alkanes of at least 4 members (excludes halogenated alkanes) is 3. The molecule has 0 spiro atoms. The standard InChI is InChI=1S/C25H46N2/c1-3-23-13-7-8-15-24(23)14-6-4-5-9-16-26-20-21(2)25(27-17-18-27)19-22-11-10-12-22/h7-8,21-26H,3-6,9-20H2,1-2H3. The van der Waals surface area contributed by atoms with Gasteiger partial charge in [-0.25, -0.2) is 0 Å². The topological polar surface area (TPSA) is 15.0 Å². The Morgan fingerprint density at radius 3 is 2.41 bits per heavy atom. The van der Waals surface area contributed by atoms with Crippen molar-refractivity contribution in [2.45, 2.75) is 96.9 Å². The highest BCUT2D eigenvalue weighted by Gasteiger charge is 2.34. The van der Waals surface area contributed by atoms with E-state index in [2.05, 4.69) is 36.2 Å². The predicted molar refractivity (Wildman–Crippen MR) is 118 cm³/mol. The molecule has 0 aromatic carbocycles. The molecule has 156 valence electrons. The Kier molecular flexibility index (Phi) is 9.19. The maximum atomic E-state index is 3.78. The first kappa shape index (κ1) is 21.4. The molecule has 2 nitrogen and oxygen atoms in total. The molecule has 0 aromatic heterocycles. The molecule has 2 heteroatoms. The summed E-state index contributed by atoms with van der Waals surface area (Å²) in [6.45, 7) is 10.0. The van der Waals surface area contributed by atoms with Crippen LogP contribution in [0.3, 0.4) is 0 Å². The van der Waals surface area contributed by atoms with Gasteiger partial charge in [0.05, 0.1) is 0 Å². The highest BCUT2D eigenvalue weighted by atomic mass is 15.3. The number of hydrogen-bond donors (Lipinski definition) is 1. The fourth-order valence-corrected chi connectivity index (χ4v) is 5.46. The molecule has 0 aromatic rings. The Morgan fingerprint density at radius 2 is 1.74 bits per heavy atom. The predicted octanol–water partition coefficient (Wildman–Crippen LogP) is 6.03. The van der Waals surface area contributed by atoms with Gasteiger partial charge in [0.25, 0.3) is 0 Å². The molecular weight excluding hydrogens is 328 g/mol. The first-order valence-electron chi connectivity index (χ1n) is 12.4. The number of nitrogens with zero attached hydrogens (tertiary/aromatic N) is 1. The first-order valence-corrected chi connectivity index (χ1v) is 12.4. The van der Waals surface area contributed by atoms with E-state index in [1.165, 1.54) is 103 Å². The van der Waals surface area contributed by atoms with Crippen LogP contribution in [0, 0.1) is 23.7 Å². The van der Waals surface area contributed by atoms with Gasteiger partial charge in [-0.1, -0.05) is 70.9 Å². The molecule has 0 amide bonds. The van der Waals surface area contributed by atoms with Crippen molar-refractivity contribution in [3.63, 3.8) is 0 Å². The number of nitrogens with one attached hydrogen (secondary N) is 1. The molecule has 1 N–H and O–H groups in total. The van der Waals surface area contributed by atoms with Crippen LogP contribution in [0.5, 0.6) is 0 Å². The van der Waals surface area contributed by atoms with Gasteiger partial charge in [-0.05, 0) is 68.9 Å². The Labute approximate surface area is 169 Å². The molecule has 4 unspecified atom stereocenters. The lowest BCUT2D eigenvalue weighted by Crippen LogP contribution is -2.37. The monoisotopic (exact) mass is 374 g/mol. The summed E-state index contributed by atoms with van der Waals surface area (Å²) < 4.78 is 0. The van der Waals surface area contributed by atoms with Crippen molar-refractivity contribution < 1.29 is 0 Å². The largest absolute Gasteiger partial charge is 0.316 e. The molecule has 1 saturated heterocycles. The number of allylic oxidation sites excluding steroid dienone is 2. The summed E-state index contributed by atoms with van der Waals surface area (Å²) in [6, 6.07) is 0.860. The zero-order valence-electron chi connectivity index (χ0n) is 18.3. The number of rotatable bonds is 14. The summed E-state index contributed by atoms with van der Waals surface area (Å²) in [7, 11) is 0. The van der Waals surface area contributed by atoms with E-state index in [0.717, 1.165) is 29.7 Å². The molecule has 1 heterocycles. The average molecular weight is 375 g/mol. The van der Waals surface area contributed by atoms with Crippen molar-refractivity contribution in [2.24, 2.45) is 23.7 Å². The highest BCUT2D eigenvalue weighted by molar-refractivity contribution is 4.94. The first-order chi connectivity index (χ1) is 13.3. The summed E-state index contributed by atoms with van der Waals surface area (Å²) >= 11 is 0. The van der Waals surface area contributed by atoms with Crippen LogP contribution in [-0.2, 0) is 0 Å². The van der Waals surface area contributed by atoms with E-state index in [-0.39, 0.29) is 0 Å². The van der Waals surface area contributed by atoms with Crippen LogP contribution in [0.15, 0.2) is 12.2 Å². The van der Waals surface area contributed by atoms with Gasteiger partial charge in [-0.2, -0.15) is 0 Å². The zero-order chi connectivity index (χ0) is 18.9. The summed E-state index contributed by atoms with van der Waals surface area (Å²) in [4.78, 5) is 2.72. The van der Waals surface area contributed by atoms with Gasteiger partial charge in [-0.3, -0.25) is 4.90 Å². The molecule has 4 atom stereocenters. The molecule has 3 rings (SSSR count). The molecule has 1 aliphatic heterocycles. The Balaban J connectivity index is 1.18. The molecule has 0 radical (unpaired) electrons. The van der Waals surface area contributed by atoms with E-state index >= 15 is 0 Å². The lowest BCUT2D eigenvalue weighted by atomic mass is 9.78. The van der Waals surface area contributed by atoms with Gasteiger partial charge in [0.15, 0.2) is 0 Å². The molecular formula is C25H46N2. The average Bonchev–Trinajstić information content (AvgIpc) is 3.48. The van der Waals surface area contributed by atoms with Crippen molar-refractivity contribution in [3.8, 4) is 0 Å². The van der Waals surface area contributed by atoms with E-state index in [1.807, 2.05) is 0 Å². The lowest BCUT2D eigenvalue weighted by molar-refractivity contribution is 0.187. The van der Waals surface area contributed by atoms with Gasteiger partial charge < -0.3 is 5.32 Å². The molecule has 27 heavy (non-hydrogen) atoms. The van der Waals surface area contributed by atoms with Crippen LogP contribution in [0.4, 0.5) is 0 Å². The summed E-state index contributed by atoms with van der Waals surface area (Å²) in [5.74, 6) is 3.81. The molecule has 1 saturated carbocycles. The van der Waals surface area contributed by atoms with E-state index in [9.17, 15) is 0 Å². The van der Waals surface area contributed by atoms with Gasteiger partial charge in [0, 0.05) is 19.1 Å². The zero-order valence-corrected chi connectivity index (χ0v) is 18.3. The summed E-state index contributed by atoms with van der Waals surface area (Å²) in [5, 5.41) is 3.78. The summed E-state index contributed by atoms with van der Waals surface area (Å²) in [6.07, 6.45) is 22.0. The minimum atomic E-state index is 0.818. The van der Waals surface area contributed by atoms with Crippen molar-refractivity contribution in [1.29, 1.82) is 0 Å². The fourth-order valence-electron chi connectivity index (χ4n) is 5.46. The minimum Gasteiger partial charge on any atom is -0.316 e. The van der Waals surface area contributed by atoms with Crippen LogP contribution < -0.4 is 5.32 Å². The Bertz CT molecular complexity index is 424. The van der Waals surface area contributed by atoms with Crippen LogP contribution >= 0.6 is 0 Å². The normalized spacial score (nSPS) is 28.1. The van der Waals surface area contributed by atoms with Crippen molar-refractivity contribution in [1.82, 2.24) is 10.2 Å². The Hall–Kier alpha value is -0.340. The number of hydrogen-bond acceptors (Lipinski definition) is 2. The fraction of sp³-hybridized carbons (Fsp3) is 0.920. The van der Waals surface area contributed by atoms with E-state index in [0.29, 0.717) is 0 Å². The van der Waals surface area contributed by atoms with Gasteiger partial charge in [0.2, 0.25) is 0 Å². The van der Waals surface area contributed by atoms with Crippen LogP contribution in [-0.4, -0.2) is 37.1 Å². The van der Waals surface area contributed by atoms with Crippen LogP contribution in [0.1, 0.15) is 90.9 Å². The van der Waals surface area contributed by atoms with Gasteiger partial charge >= 0.3 is 0 Å².